The molecule has 0 bridgehead atoms. The number of hydrogen-bond acceptors (Lipinski definition) is 4. The Bertz CT molecular complexity index is 430. The first-order valence-electron chi connectivity index (χ1n) is 3.66. The molecule has 0 aliphatic heterocycles. The molecule has 0 amide bonds. The quantitative estimate of drug-likeness (QED) is 0.614. The Morgan fingerprint density at radius 2 is 2.07 bits per heavy atom. The molecule has 14 heavy (non-hydrogen) atoms. The van der Waals surface area contributed by atoms with Crippen LogP contribution in [0.15, 0.2) is 18.2 Å². The molecule has 0 spiro atoms. The van der Waals surface area contributed by atoms with Crippen LogP contribution >= 0.6 is 0 Å². The number of methoxy groups -OCH3 is 1. The van der Waals surface area contributed by atoms with Crippen LogP contribution in [-0.2, 0) is 10.2 Å². The number of benzene rings is 1. The molecule has 7 heteroatoms. The van der Waals surface area contributed by atoms with Gasteiger partial charge in [0.15, 0.2) is 0 Å². The number of nitrogens with two attached hydrogens (primary N) is 2. The molecule has 0 saturated carbocycles. The van der Waals surface area contributed by atoms with Gasteiger partial charge < -0.3 is 10.5 Å². The molecule has 0 aliphatic rings. The highest BCUT2D eigenvalue weighted by atomic mass is 32.2. The van der Waals surface area contributed by atoms with E-state index in [1.54, 1.807) is 6.07 Å². The van der Waals surface area contributed by atoms with Gasteiger partial charge in [0, 0.05) is 0 Å². The number of anilines is 2. The predicted octanol–water partition coefficient (Wildman–Crippen LogP) is -0.107. The molecule has 0 aromatic heterocycles. The second-order valence-electron chi connectivity index (χ2n) is 2.60. The van der Waals surface area contributed by atoms with E-state index >= 15 is 0 Å². The molecule has 0 fully saturated rings. The fraction of sp³-hybridized carbons (Fsp3) is 0.143. The first-order valence-corrected chi connectivity index (χ1v) is 5.21. The summed E-state index contributed by atoms with van der Waals surface area (Å²) in [5.74, 6) is 0.477. The molecular formula is C7H11N3O3S. The maximum absolute atomic E-state index is 10.7. The topological polar surface area (TPSA) is 107 Å². The first-order chi connectivity index (χ1) is 6.42. The zero-order valence-corrected chi connectivity index (χ0v) is 8.34. The molecule has 5 N–H and O–H groups in total. The highest BCUT2D eigenvalue weighted by Crippen LogP contribution is 2.24. The summed E-state index contributed by atoms with van der Waals surface area (Å²) in [6.45, 7) is 0. The highest BCUT2D eigenvalue weighted by molar-refractivity contribution is 7.90. The van der Waals surface area contributed by atoms with Crippen molar-refractivity contribution in [3.05, 3.63) is 18.2 Å². The van der Waals surface area contributed by atoms with Gasteiger partial charge in [0.1, 0.15) is 5.75 Å². The van der Waals surface area contributed by atoms with Crippen molar-refractivity contribution in [3.63, 3.8) is 0 Å². The minimum atomic E-state index is -3.76. The van der Waals surface area contributed by atoms with E-state index in [9.17, 15) is 8.42 Å². The summed E-state index contributed by atoms with van der Waals surface area (Å²) >= 11 is 0. The molecule has 0 heterocycles. The lowest BCUT2D eigenvalue weighted by Gasteiger charge is -2.07. The van der Waals surface area contributed by atoms with E-state index in [1.165, 1.54) is 19.2 Å². The third-order valence-corrected chi connectivity index (χ3v) is 2.01. The number of hydrogen-bond donors (Lipinski definition) is 3. The number of ether oxygens (including phenoxy) is 1. The Morgan fingerprint density at radius 1 is 1.43 bits per heavy atom. The largest absolute Gasteiger partial charge is 0.495 e. The van der Waals surface area contributed by atoms with Gasteiger partial charge in [0.05, 0.1) is 18.5 Å². The van der Waals surface area contributed by atoms with Crippen LogP contribution in [0.4, 0.5) is 11.4 Å². The van der Waals surface area contributed by atoms with Crippen LogP contribution < -0.4 is 20.3 Å². The molecule has 0 aliphatic carbocycles. The molecular weight excluding hydrogens is 206 g/mol. The molecule has 1 aromatic carbocycles. The van der Waals surface area contributed by atoms with Gasteiger partial charge in [-0.25, -0.2) is 5.14 Å². The lowest BCUT2D eigenvalue weighted by atomic mass is 10.2. The Labute approximate surface area is 82.0 Å². The first kappa shape index (κ1) is 10.6. The van der Waals surface area contributed by atoms with Gasteiger partial charge in [0.25, 0.3) is 10.2 Å². The fourth-order valence-corrected chi connectivity index (χ4v) is 1.42. The SMILES string of the molecule is COc1ccc(NS(N)(=O)=O)cc1N. The van der Waals surface area contributed by atoms with Gasteiger partial charge in [0.2, 0.25) is 0 Å². The smallest absolute Gasteiger partial charge is 0.296 e. The molecule has 0 unspecified atom stereocenters. The van der Waals surface area contributed by atoms with Crippen molar-refractivity contribution >= 4 is 21.6 Å². The fourth-order valence-electron chi connectivity index (χ4n) is 0.962. The third-order valence-electron chi connectivity index (χ3n) is 1.49. The Hall–Kier alpha value is -1.47. The monoisotopic (exact) mass is 217 g/mol. The molecule has 0 atom stereocenters. The summed E-state index contributed by atoms with van der Waals surface area (Å²) in [6.07, 6.45) is 0. The Kier molecular flexibility index (Phi) is 2.82. The number of rotatable bonds is 3. The zero-order chi connectivity index (χ0) is 10.8. The van der Waals surface area contributed by atoms with Crippen molar-refractivity contribution < 1.29 is 13.2 Å². The van der Waals surface area contributed by atoms with Crippen LogP contribution in [0.1, 0.15) is 0 Å². The van der Waals surface area contributed by atoms with Crippen LogP contribution in [0.2, 0.25) is 0 Å². The molecule has 78 valence electrons. The molecule has 0 radical (unpaired) electrons. The Morgan fingerprint density at radius 3 is 2.50 bits per heavy atom. The van der Waals surface area contributed by atoms with Crippen molar-refractivity contribution in [2.24, 2.45) is 5.14 Å². The maximum atomic E-state index is 10.7. The second-order valence-corrected chi connectivity index (χ2v) is 3.90. The predicted molar refractivity (Wildman–Crippen MR) is 54.1 cm³/mol. The normalized spacial score (nSPS) is 11.0. The van der Waals surface area contributed by atoms with Crippen molar-refractivity contribution in [3.8, 4) is 5.75 Å². The summed E-state index contributed by atoms with van der Waals surface area (Å²) < 4.78 is 28.3. The summed E-state index contributed by atoms with van der Waals surface area (Å²) in [5.41, 5.74) is 6.18. The zero-order valence-electron chi connectivity index (χ0n) is 7.52. The summed E-state index contributed by atoms with van der Waals surface area (Å²) in [4.78, 5) is 0. The van der Waals surface area contributed by atoms with Gasteiger partial charge in [-0.2, -0.15) is 8.42 Å². The van der Waals surface area contributed by atoms with E-state index in [-0.39, 0.29) is 0 Å². The molecule has 6 nitrogen and oxygen atoms in total. The minimum absolute atomic E-state index is 0.297. The molecule has 0 saturated heterocycles. The van der Waals surface area contributed by atoms with E-state index in [0.29, 0.717) is 17.1 Å². The molecule has 1 rings (SSSR count). The van der Waals surface area contributed by atoms with E-state index in [1.807, 2.05) is 0 Å². The second kappa shape index (κ2) is 3.72. The van der Waals surface area contributed by atoms with E-state index < -0.39 is 10.2 Å². The van der Waals surface area contributed by atoms with E-state index in [2.05, 4.69) is 4.72 Å². The van der Waals surface area contributed by atoms with Crippen LogP contribution in [0.25, 0.3) is 0 Å². The van der Waals surface area contributed by atoms with Gasteiger partial charge in [-0.15, -0.1) is 0 Å². The Balaban J connectivity index is 2.98. The van der Waals surface area contributed by atoms with Crippen LogP contribution in [0, 0.1) is 0 Å². The average molecular weight is 217 g/mol. The van der Waals surface area contributed by atoms with Gasteiger partial charge in [-0.1, -0.05) is 0 Å². The number of nitrogen functional groups attached to an aromatic ring is 1. The van der Waals surface area contributed by atoms with Crippen LogP contribution in [0.3, 0.4) is 0 Å². The van der Waals surface area contributed by atoms with Gasteiger partial charge >= 0.3 is 0 Å². The summed E-state index contributed by atoms with van der Waals surface area (Å²) in [5, 5.41) is 4.78. The lowest BCUT2D eigenvalue weighted by Crippen LogP contribution is -2.21. The minimum Gasteiger partial charge on any atom is -0.495 e. The maximum Gasteiger partial charge on any atom is 0.296 e. The van der Waals surface area contributed by atoms with Crippen molar-refractivity contribution in [1.82, 2.24) is 0 Å². The van der Waals surface area contributed by atoms with Crippen LogP contribution in [-0.4, -0.2) is 15.5 Å². The van der Waals surface area contributed by atoms with Crippen molar-refractivity contribution in [1.29, 1.82) is 0 Å². The summed E-state index contributed by atoms with van der Waals surface area (Å²) in [6, 6.07) is 4.46. The van der Waals surface area contributed by atoms with Crippen molar-refractivity contribution in [2.75, 3.05) is 17.6 Å². The standard InChI is InChI=1S/C7H11N3O3S/c1-13-7-3-2-5(4-6(7)8)10-14(9,11)12/h2-4,10H,8H2,1H3,(H2,9,11,12). The summed E-state index contributed by atoms with van der Waals surface area (Å²) in [7, 11) is -2.29. The van der Waals surface area contributed by atoms with Crippen LogP contribution in [0.5, 0.6) is 5.75 Å². The van der Waals surface area contributed by atoms with E-state index in [4.69, 9.17) is 15.6 Å². The average Bonchev–Trinajstić information content (AvgIpc) is 2.01. The third kappa shape index (κ3) is 2.79. The number of nitrogens with one attached hydrogen (secondary N) is 1. The van der Waals surface area contributed by atoms with E-state index in [0.717, 1.165) is 0 Å². The van der Waals surface area contributed by atoms with Crippen molar-refractivity contribution in [2.45, 2.75) is 0 Å². The molecule has 1 aromatic rings. The van der Waals surface area contributed by atoms with Gasteiger partial charge in [-0.05, 0) is 18.2 Å². The highest BCUT2D eigenvalue weighted by Gasteiger charge is 2.04. The lowest BCUT2D eigenvalue weighted by molar-refractivity contribution is 0.417. The van der Waals surface area contributed by atoms with Gasteiger partial charge in [-0.3, -0.25) is 4.72 Å².